The minimum absolute atomic E-state index is 0.0800. The molecule has 2 fully saturated rings. The number of carbonyl (C=O) groups excluding carboxylic acids is 4. The lowest BCUT2D eigenvalue weighted by Crippen LogP contribution is -2.48. The summed E-state index contributed by atoms with van der Waals surface area (Å²) in [7, 11) is 0. The van der Waals surface area contributed by atoms with Crippen LogP contribution in [0.5, 0.6) is 0 Å². The Bertz CT molecular complexity index is 871. The van der Waals surface area contributed by atoms with Gasteiger partial charge in [0, 0.05) is 26.2 Å². The fourth-order valence-electron chi connectivity index (χ4n) is 4.64. The second-order valence-corrected chi connectivity index (χ2v) is 12.6. The SMILES string of the molecule is C=C(C)CC1(C(=O)OCC)CCN(C(=O)OC(C)(C)C)CC1.CCOC(=O)C1CCN(C(=O)OC(C)(C)C)CC1. The van der Waals surface area contributed by atoms with E-state index >= 15 is 0 Å². The molecule has 0 saturated carbocycles. The maximum atomic E-state index is 12.4. The monoisotopic (exact) mass is 568 g/mol. The van der Waals surface area contributed by atoms with Gasteiger partial charge in [-0.3, -0.25) is 9.59 Å². The molecule has 2 amide bonds. The summed E-state index contributed by atoms with van der Waals surface area (Å²) in [6, 6.07) is 0. The van der Waals surface area contributed by atoms with Crippen molar-refractivity contribution < 1.29 is 38.1 Å². The van der Waals surface area contributed by atoms with E-state index in [4.69, 9.17) is 18.9 Å². The van der Waals surface area contributed by atoms with Crippen LogP contribution in [0.15, 0.2) is 12.2 Å². The first kappa shape index (κ1) is 35.2. The Morgan fingerprint density at radius 1 is 0.775 bits per heavy atom. The maximum absolute atomic E-state index is 12.4. The van der Waals surface area contributed by atoms with Crippen LogP contribution >= 0.6 is 0 Å². The summed E-state index contributed by atoms with van der Waals surface area (Å²) in [5.74, 6) is -0.410. The average Bonchev–Trinajstić information content (AvgIpc) is 2.83. The normalized spacial score (nSPS) is 17.6. The number of allylic oxidation sites excluding steroid dienone is 1. The number of esters is 2. The van der Waals surface area contributed by atoms with Crippen molar-refractivity contribution in [2.24, 2.45) is 11.3 Å². The van der Waals surface area contributed by atoms with E-state index in [-0.39, 0.29) is 30.0 Å². The van der Waals surface area contributed by atoms with Crippen LogP contribution in [0.1, 0.15) is 94.4 Å². The minimum Gasteiger partial charge on any atom is -0.466 e. The first-order chi connectivity index (χ1) is 18.4. The van der Waals surface area contributed by atoms with Gasteiger partial charge in [-0.05, 0) is 94.4 Å². The van der Waals surface area contributed by atoms with Crippen LogP contribution < -0.4 is 0 Å². The van der Waals surface area contributed by atoms with Gasteiger partial charge in [0.2, 0.25) is 0 Å². The van der Waals surface area contributed by atoms with Crippen molar-refractivity contribution >= 4 is 24.1 Å². The van der Waals surface area contributed by atoms with Crippen molar-refractivity contribution in [1.29, 1.82) is 0 Å². The highest BCUT2D eigenvalue weighted by molar-refractivity contribution is 5.78. The first-order valence-corrected chi connectivity index (χ1v) is 14.4. The zero-order chi connectivity index (χ0) is 30.7. The highest BCUT2D eigenvalue weighted by atomic mass is 16.6. The number of ether oxygens (including phenoxy) is 4. The Balaban J connectivity index is 0.000000408. The summed E-state index contributed by atoms with van der Waals surface area (Å²) < 4.78 is 20.9. The van der Waals surface area contributed by atoms with Crippen LogP contribution in [-0.2, 0) is 28.5 Å². The molecule has 10 nitrogen and oxygen atoms in total. The zero-order valence-electron chi connectivity index (χ0n) is 26.2. The molecule has 230 valence electrons. The number of rotatable bonds is 6. The number of amides is 2. The lowest BCUT2D eigenvalue weighted by molar-refractivity contribution is -0.158. The number of hydrogen-bond donors (Lipinski definition) is 0. The summed E-state index contributed by atoms with van der Waals surface area (Å²) in [5, 5.41) is 0. The van der Waals surface area contributed by atoms with E-state index in [1.807, 2.05) is 55.4 Å². The number of hydrogen-bond acceptors (Lipinski definition) is 8. The molecule has 0 bridgehead atoms. The molecule has 0 N–H and O–H groups in total. The maximum Gasteiger partial charge on any atom is 0.410 e. The molecule has 2 aliphatic rings. The third kappa shape index (κ3) is 12.2. The number of carbonyl (C=O) groups is 4. The van der Waals surface area contributed by atoms with Gasteiger partial charge >= 0.3 is 24.1 Å². The van der Waals surface area contributed by atoms with Gasteiger partial charge in [-0.1, -0.05) is 5.57 Å². The van der Waals surface area contributed by atoms with E-state index < -0.39 is 16.6 Å². The van der Waals surface area contributed by atoms with E-state index in [0.29, 0.717) is 71.5 Å². The fraction of sp³-hybridized carbons (Fsp3) is 0.800. The Kier molecular flexibility index (Phi) is 13.5. The van der Waals surface area contributed by atoms with Crippen LogP contribution in [0, 0.1) is 11.3 Å². The first-order valence-electron chi connectivity index (χ1n) is 14.4. The third-order valence-corrected chi connectivity index (χ3v) is 6.49. The topological polar surface area (TPSA) is 112 Å². The summed E-state index contributed by atoms with van der Waals surface area (Å²) in [4.78, 5) is 51.1. The van der Waals surface area contributed by atoms with Crippen LogP contribution in [0.25, 0.3) is 0 Å². The second-order valence-electron chi connectivity index (χ2n) is 12.6. The van der Waals surface area contributed by atoms with E-state index in [1.54, 1.807) is 16.7 Å². The molecule has 0 spiro atoms. The van der Waals surface area contributed by atoms with Gasteiger partial charge in [0.15, 0.2) is 0 Å². The summed E-state index contributed by atoms with van der Waals surface area (Å²) in [6.45, 7) is 23.4. The lowest BCUT2D eigenvalue weighted by Gasteiger charge is -2.40. The van der Waals surface area contributed by atoms with Gasteiger partial charge in [0.1, 0.15) is 11.2 Å². The number of piperidine rings is 2. The quantitative estimate of drug-likeness (QED) is 0.227. The molecule has 0 aromatic heterocycles. The van der Waals surface area contributed by atoms with Crippen molar-refractivity contribution in [3.8, 4) is 0 Å². The molecule has 2 aliphatic heterocycles. The average molecular weight is 569 g/mol. The van der Waals surface area contributed by atoms with Gasteiger partial charge in [0.05, 0.1) is 24.5 Å². The van der Waals surface area contributed by atoms with E-state index in [1.165, 1.54) is 0 Å². The Morgan fingerprint density at radius 2 is 1.20 bits per heavy atom. The molecular weight excluding hydrogens is 516 g/mol. The van der Waals surface area contributed by atoms with Gasteiger partial charge in [-0.15, -0.1) is 6.58 Å². The molecule has 0 unspecified atom stereocenters. The van der Waals surface area contributed by atoms with E-state index in [9.17, 15) is 19.2 Å². The fourth-order valence-corrected chi connectivity index (χ4v) is 4.64. The van der Waals surface area contributed by atoms with Crippen LogP contribution in [0.4, 0.5) is 9.59 Å². The molecule has 0 aliphatic carbocycles. The molecule has 10 heteroatoms. The highest BCUT2D eigenvalue weighted by Gasteiger charge is 2.44. The summed E-state index contributed by atoms with van der Waals surface area (Å²) >= 11 is 0. The molecule has 0 aromatic rings. The minimum atomic E-state index is -0.555. The largest absolute Gasteiger partial charge is 0.466 e. The van der Waals surface area contributed by atoms with Gasteiger partial charge in [-0.2, -0.15) is 0 Å². The van der Waals surface area contributed by atoms with Crippen molar-refractivity contribution in [2.75, 3.05) is 39.4 Å². The molecule has 2 heterocycles. The molecular formula is C30H52N2O8. The number of likely N-dealkylation sites (tertiary alicyclic amines) is 2. The Hall–Kier alpha value is -2.78. The van der Waals surface area contributed by atoms with Crippen LogP contribution in [0.3, 0.4) is 0 Å². The van der Waals surface area contributed by atoms with Gasteiger partial charge in [0.25, 0.3) is 0 Å². The predicted octanol–water partition coefficient (Wildman–Crippen LogP) is 5.73. The Labute approximate surface area is 240 Å². The molecule has 2 saturated heterocycles. The van der Waals surface area contributed by atoms with Crippen molar-refractivity contribution in [3.63, 3.8) is 0 Å². The summed E-state index contributed by atoms with van der Waals surface area (Å²) in [6.07, 6.45) is 2.45. The zero-order valence-corrected chi connectivity index (χ0v) is 26.2. The second kappa shape index (κ2) is 15.3. The van der Waals surface area contributed by atoms with E-state index in [2.05, 4.69) is 6.58 Å². The number of nitrogens with zero attached hydrogens (tertiary/aromatic N) is 2. The van der Waals surface area contributed by atoms with Crippen molar-refractivity contribution in [3.05, 3.63) is 12.2 Å². The third-order valence-electron chi connectivity index (χ3n) is 6.49. The van der Waals surface area contributed by atoms with E-state index in [0.717, 1.165) is 5.57 Å². The molecule has 2 rings (SSSR count). The smallest absolute Gasteiger partial charge is 0.410 e. The predicted molar refractivity (Wildman–Crippen MR) is 153 cm³/mol. The van der Waals surface area contributed by atoms with Crippen molar-refractivity contribution in [2.45, 2.75) is 106 Å². The van der Waals surface area contributed by atoms with Gasteiger partial charge in [-0.25, -0.2) is 9.59 Å². The molecule has 0 atom stereocenters. The highest BCUT2D eigenvalue weighted by Crippen LogP contribution is 2.39. The summed E-state index contributed by atoms with van der Waals surface area (Å²) in [5.41, 5.74) is -0.585. The Morgan fingerprint density at radius 3 is 1.57 bits per heavy atom. The molecule has 0 aromatic carbocycles. The van der Waals surface area contributed by atoms with Crippen LogP contribution in [-0.4, -0.2) is 84.5 Å². The standard InChI is InChI=1S/C17H29NO4.C13H23NO4/c1-7-21-14(19)17(12-13(2)3)8-10-18(11-9-17)15(20)22-16(4,5)6;1-5-17-11(15)10-6-8-14(9-7-10)12(16)18-13(2,3)4/h2,7-12H2,1,3-6H3;10H,5-9H2,1-4H3. The molecule has 0 radical (unpaired) electrons. The lowest BCUT2D eigenvalue weighted by atomic mass is 9.74. The van der Waals surface area contributed by atoms with Crippen LogP contribution in [0.2, 0.25) is 0 Å². The van der Waals surface area contributed by atoms with Crippen molar-refractivity contribution in [1.82, 2.24) is 9.80 Å². The molecule has 40 heavy (non-hydrogen) atoms. The van der Waals surface area contributed by atoms with Gasteiger partial charge < -0.3 is 28.7 Å².